The first-order valence-electron chi connectivity index (χ1n) is 2.04. The summed E-state index contributed by atoms with van der Waals surface area (Å²) in [5, 5.41) is 0. The van der Waals surface area contributed by atoms with E-state index in [4.69, 9.17) is 0 Å². The van der Waals surface area contributed by atoms with Gasteiger partial charge in [-0.1, -0.05) is 0 Å². The molecule has 0 spiro atoms. The van der Waals surface area contributed by atoms with Crippen LogP contribution in [0.15, 0.2) is 0 Å². The molecular formula is C4H9O2Rb3S+2. The summed E-state index contributed by atoms with van der Waals surface area (Å²) in [6.07, 6.45) is 0. The summed E-state index contributed by atoms with van der Waals surface area (Å²) in [4.78, 5) is 4.54. The van der Waals surface area contributed by atoms with Crippen molar-refractivity contribution in [3.8, 4) is 0 Å². The number of hydrogen-bond donors (Lipinski definition) is 0. The molecule has 0 N–H and O–H groups in total. The van der Waals surface area contributed by atoms with Crippen LogP contribution in [-0.4, -0.2) is 5.60 Å². The molecule has 0 aromatic rings. The van der Waals surface area contributed by atoms with Crippen LogP contribution in [0.2, 0.25) is 0 Å². The average molecular weight is 378 g/mol. The fourth-order valence-electron chi connectivity index (χ4n) is 0.102. The Morgan fingerprint density at radius 2 is 1.30 bits per heavy atom. The maximum atomic E-state index is 4.54. The average Bonchev–Trinajstić information content (AvgIpc) is 1.30. The first kappa shape index (κ1) is 24.8. The zero-order chi connectivity index (χ0) is 5.91. The molecule has 2 nitrogen and oxygen atoms in total. The standard InChI is InChI=1S/C4H10O2S.3Rb/c1-4(2,3)5-6-7;;;/h7H,1-3H3;;;/q;3*+1/p-1. The van der Waals surface area contributed by atoms with Gasteiger partial charge in [0.1, 0.15) is 0 Å². The number of rotatable bonds is 1. The van der Waals surface area contributed by atoms with Gasteiger partial charge in [0.05, 0.1) is 5.60 Å². The molecule has 10 heavy (non-hydrogen) atoms. The zero-order valence-corrected chi connectivity index (χ0v) is 23.3. The van der Waals surface area contributed by atoms with Gasteiger partial charge in [-0.15, -0.1) is 0 Å². The van der Waals surface area contributed by atoms with Crippen LogP contribution in [-0.2, 0) is 22.1 Å². The molecule has 0 atom stereocenters. The fraction of sp³-hybridized carbons (Fsp3) is 1.00. The fourth-order valence-corrected chi connectivity index (χ4v) is 0.306. The molecule has 6 heteroatoms. The van der Waals surface area contributed by atoms with E-state index in [0.717, 1.165) is 0 Å². The molecule has 0 rings (SSSR count). The van der Waals surface area contributed by atoms with Crippen molar-refractivity contribution in [3.63, 3.8) is 0 Å². The SMILES string of the molecule is CC(C)(C)OO[S-].[Rb+].[Rb+].[Rb+]. The van der Waals surface area contributed by atoms with Gasteiger partial charge in [0.2, 0.25) is 0 Å². The van der Waals surface area contributed by atoms with Crippen molar-refractivity contribution in [1.82, 2.24) is 0 Å². The minimum absolute atomic E-state index is 0. The molecule has 0 aliphatic rings. The van der Waals surface area contributed by atoms with E-state index in [2.05, 4.69) is 22.1 Å². The van der Waals surface area contributed by atoms with Gasteiger partial charge in [-0.3, -0.25) is 4.89 Å². The van der Waals surface area contributed by atoms with Crippen LogP contribution in [0.25, 0.3) is 0 Å². The Morgan fingerprint density at radius 3 is 1.30 bits per heavy atom. The molecule has 0 aromatic heterocycles. The second-order valence-corrected chi connectivity index (χ2v) is 2.40. The van der Waals surface area contributed by atoms with Crippen molar-refractivity contribution >= 4 is 12.9 Å². The molecule has 0 saturated carbocycles. The quantitative estimate of drug-likeness (QED) is 0.257. The van der Waals surface area contributed by atoms with Gasteiger partial charge in [-0.05, 0) is 20.8 Å². The predicted molar refractivity (Wildman–Crippen MR) is 29.3 cm³/mol. The first-order valence-corrected chi connectivity index (χ1v) is 2.37. The summed E-state index contributed by atoms with van der Waals surface area (Å²) in [6, 6.07) is 0. The van der Waals surface area contributed by atoms with Crippen LogP contribution in [0.5, 0.6) is 0 Å². The normalized spacial score (nSPS) is 8.40. The van der Waals surface area contributed by atoms with Gasteiger partial charge in [0.25, 0.3) is 0 Å². The monoisotopic (exact) mass is 376 g/mol. The number of hydrogen-bond acceptors (Lipinski definition) is 3. The summed E-state index contributed by atoms with van der Waals surface area (Å²) < 4.78 is 3.99. The van der Waals surface area contributed by atoms with Crippen molar-refractivity contribution in [2.45, 2.75) is 26.4 Å². The second kappa shape index (κ2) is 14.7. The van der Waals surface area contributed by atoms with Crippen molar-refractivity contribution in [2.24, 2.45) is 0 Å². The van der Waals surface area contributed by atoms with E-state index < -0.39 is 0 Å². The van der Waals surface area contributed by atoms with Crippen molar-refractivity contribution in [3.05, 3.63) is 0 Å². The predicted octanol–water partition coefficient (Wildman–Crippen LogP) is -7.79. The minimum atomic E-state index is -0.276. The third-order valence-corrected chi connectivity index (χ3v) is 0.352. The summed E-state index contributed by atoms with van der Waals surface area (Å²) in [7, 11) is 0. The van der Waals surface area contributed by atoms with Crippen molar-refractivity contribution in [1.29, 1.82) is 0 Å². The Bertz CT molecular complexity index is 57.0. The van der Waals surface area contributed by atoms with E-state index in [-0.39, 0.29) is 180 Å². The van der Waals surface area contributed by atoms with E-state index in [1.54, 1.807) is 0 Å². The van der Waals surface area contributed by atoms with Crippen molar-refractivity contribution in [2.75, 3.05) is 0 Å². The molecule has 0 heterocycles. The molecule has 0 aromatic carbocycles. The Morgan fingerprint density at radius 1 is 1.00 bits per heavy atom. The molecular weight excluding hydrogens is 369 g/mol. The molecule has 0 radical (unpaired) electrons. The van der Waals surface area contributed by atoms with Gasteiger partial charge in [-0.2, -0.15) is 0 Å². The summed E-state index contributed by atoms with van der Waals surface area (Å²) in [6.45, 7) is 5.58. The van der Waals surface area contributed by atoms with Crippen LogP contribution in [0.1, 0.15) is 20.8 Å². The van der Waals surface area contributed by atoms with Crippen LogP contribution in [0.4, 0.5) is 0 Å². The Kier molecular flexibility index (Phi) is 36.4. The Hall–Kier alpha value is 5.69. The molecule has 0 saturated heterocycles. The van der Waals surface area contributed by atoms with E-state index in [1.807, 2.05) is 20.8 Å². The summed E-state index contributed by atoms with van der Waals surface area (Å²) in [5.41, 5.74) is -0.276. The molecule has 0 fully saturated rings. The molecule has 44 valence electrons. The van der Waals surface area contributed by atoms with Crippen molar-refractivity contribution < 1.29 is 184 Å². The molecule has 0 amide bonds. The van der Waals surface area contributed by atoms with E-state index >= 15 is 0 Å². The van der Waals surface area contributed by atoms with E-state index in [9.17, 15) is 0 Å². The molecule has 0 bridgehead atoms. The zero-order valence-electron chi connectivity index (χ0n) is 7.72. The van der Waals surface area contributed by atoms with Crippen LogP contribution >= 0.6 is 0 Å². The maximum Gasteiger partial charge on any atom is 1.00 e. The van der Waals surface area contributed by atoms with Gasteiger partial charge in [0, 0.05) is 0 Å². The van der Waals surface area contributed by atoms with Crippen LogP contribution in [0, 0.1) is 0 Å². The summed E-state index contributed by atoms with van der Waals surface area (Å²) >= 11 is 4.08. The minimum Gasteiger partial charge on any atom is -0.582 e. The third kappa shape index (κ3) is 23.5. The summed E-state index contributed by atoms with van der Waals surface area (Å²) in [5.74, 6) is 0. The molecule has 0 aliphatic carbocycles. The smallest absolute Gasteiger partial charge is 0.582 e. The largest absolute Gasteiger partial charge is 1.00 e. The van der Waals surface area contributed by atoms with Gasteiger partial charge >= 0.3 is 175 Å². The maximum absolute atomic E-state index is 4.54. The Balaban J connectivity index is -0.0000000600. The first-order chi connectivity index (χ1) is 3.06. The van der Waals surface area contributed by atoms with Gasteiger partial charge in [0.15, 0.2) is 0 Å². The van der Waals surface area contributed by atoms with Gasteiger partial charge in [-0.25, -0.2) is 0 Å². The topological polar surface area (TPSA) is 18.5 Å². The molecule has 0 unspecified atom stereocenters. The Labute approximate surface area is 215 Å². The van der Waals surface area contributed by atoms with E-state index in [1.165, 1.54) is 0 Å². The van der Waals surface area contributed by atoms with Crippen LogP contribution in [0.3, 0.4) is 0 Å². The van der Waals surface area contributed by atoms with Gasteiger partial charge < -0.3 is 17.2 Å². The van der Waals surface area contributed by atoms with E-state index in [0.29, 0.717) is 0 Å². The second-order valence-electron chi connectivity index (χ2n) is 2.26. The third-order valence-electron chi connectivity index (χ3n) is 0.284. The molecule has 0 aliphatic heterocycles. The van der Waals surface area contributed by atoms with Crippen LogP contribution < -0.4 is 175 Å².